The van der Waals surface area contributed by atoms with Gasteiger partial charge in [-0.25, -0.2) is 4.98 Å². The summed E-state index contributed by atoms with van der Waals surface area (Å²) in [6, 6.07) is 18.7. The highest BCUT2D eigenvalue weighted by atomic mass is 79.9. The Morgan fingerprint density at radius 2 is 1.82 bits per heavy atom. The first-order chi connectivity index (χ1) is 16.4. The highest BCUT2D eigenvalue weighted by molar-refractivity contribution is 9.10. The van der Waals surface area contributed by atoms with Gasteiger partial charge in [-0.2, -0.15) is 9.78 Å². The predicted octanol–water partition coefficient (Wildman–Crippen LogP) is 7.55. The lowest BCUT2D eigenvalue weighted by Crippen LogP contribution is -2.23. The van der Waals surface area contributed by atoms with Crippen LogP contribution < -0.4 is 10.3 Å². The number of ether oxygens (including phenoxy) is 1. The van der Waals surface area contributed by atoms with E-state index in [4.69, 9.17) is 21.3 Å². The smallest absolute Gasteiger partial charge is 0.282 e. The summed E-state index contributed by atoms with van der Waals surface area (Å²) in [5.74, 6) is 1.27. The molecule has 1 aromatic heterocycles. The van der Waals surface area contributed by atoms with Gasteiger partial charge in [0.2, 0.25) is 0 Å². The number of nitrogens with zero attached hydrogens (tertiary/aromatic N) is 3. The van der Waals surface area contributed by atoms with Crippen LogP contribution in [-0.2, 0) is 6.61 Å². The van der Waals surface area contributed by atoms with Crippen LogP contribution in [0.2, 0.25) is 5.02 Å². The molecule has 3 aromatic carbocycles. The minimum absolute atomic E-state index is 0.0467. The van der Waals surface area contributed by atoms with Crippen molar-refractivity contribution in [3.8, 4) is 5.75 Å². The molecule has 34 heavy (non-hydrogen) atoms. The first-order valence-corrected chi connectivity index (χ1v) is 12.8. The first-order valence-electron chi connectivity index (χ1n) is 10.8. The van der Waals surface area contributed by atoms with Crippen molar-refractivity contribution >= 4 is 60.6 Å². The third-order valence-corrected chi connectivity index (χ3v) is 6.74. The molecule has 0 saturated carbocycles. The third kappa shape index (κ3) is 5.59. The van der Waals surface area contributed by atoms with Crippen molar-refractivity contribution in [1.29, 1.82) is 0 Å². The summed E-state index contributed by atoms with van der Waals surface area (Å²) in [6.07, 6.45) is 2.42. The SMILES string of the molecule is CC[C@H](C)c1nc2ccc(Br)cc2c(=O)n1N=Cc1cc(Cl)ccc1OCc1ccc(Br)cc1. The molecule has 0 aliphatic rings. The van der Waals surface area contributed by atoms with Gasteiger partial charge in [0.05, 0.1) is 17.1 Å². The van der Waals surface area contributed by atoms with Gasteiger partial charge in [0.25, 0.3) is 5.56 Å². The quantitative estimate of drug-likeness (QED) is 0.205. The van der Waals surface area contributed by atoms with E-state index >= 15 is 0 Å². The highest BCUT2D eigenvalue weighted by Crippen LogP contribution is 2.24. The molecule has 0 aliphatic carbocycles. The molecule has 4 rings (SSSR count). The number of hydrogen-bond donors (Lipinski definition) is 0. The van der Waals surface area contributed by atoms with Crippen molar-refractivity contribution in [2.24, 2.45) is 5.10 Å². The van der Waals surface area contributed by atoms with Crippen LogP contribution in [0.4, 0.5) is 0 Å². The zero-order valence-electron chi connectivity index (χ0n) is 18.6. The Bertz CT molecular complexity index is 1420. The summed E-state index contributed by atoms with van der Waals surface area (Å²) in [5, 5.41) is 5.59. The molecule has 0 saturated heterocycles. The monoisotopic (exact) mass is 601 g/mol. The average Bonchev–Trinajstić information content (AvgIpc) is 2.83. The number of hydrogen-bond acceptors (Lipinski definition) is 4. The van der Waals surface area contributed by atoms with Crippen molar-refractivity contribution in [2.75, 3.05) is 0 Å². The summed E-state index contributed by atoms with van der Waals surface area (Å²) in [4.78, 5) is 18.1. The Morgan fingerprint density at radius 1 is 1.09 bits per heavy atom. The fourth-order valence-corrected chi connectivity index (χ4v) is 4.20. The maximum absolute atomic E-state index is 13.4. The normalized spacial score (nSPS) is 12.4. The molecule has 0 spiro atoms. The number of rotatable bonds is 7. The number of aromatic nitrogens is 2. The second kappa shape index (κ2) is 10.8. The summed E-state index contributed by atoms with van der Waals surface area (Å²) in [5.41, 5.74) is 2.12. The van der Waals surface area contributed by atoms with Gasteiger partial charge in [0, 0.05) is 25.4 Å². The average molecular weight is 604 g/mol. The lowest BCUT2D eigenvalue weighted by molar-refractivity contribution is 0.306. The molecule has 0 amide bonds. The second-order valence-corrected chi connectivity index (χ2v) is 10.2. The Kier molecular flexibility index (Phi) is 7.86. The molecule has 1 atom stereocenters. The molecule has 0 fully saturated rings. The Morgan fingerprint density at radius 3 is 2.56 bits per heavy atom. The van der Waals surface area contributed by atoms with Crippen LogP contribution >= 0.6 is 43.5 Å². The van der Waals surface area contributed by atoms with Crippen LogP contribution in [-0.4, -0.2) is 15.9 Å². The Labute approximate surface area is 219 Å². The van der Waals surface area contributed by atoms with E-state index in [2.05, 4.69) is 43.9 Å². The molecule has 0 unspecified atom stereocenters. The number of benzene rings is 3. The van der Waals surface area contributed by atoms with Crippen LogP contribution in [0.1, 0.15) is 43.1 Å². The highest BCUT2D eigenvalue weighted by Gasteiger charge is 2.16. The lowest BCUT2D eigenvalue weighted by atomic mass is 10.1. The number of fused-ring (bicyclic) bond motifs is 1. The summed E-state index contributed by atoms with van der Waals surface area (Å²) < 4.78 is 9.24. The van der Waals surface area contributed by atoms with E-state index in [0.29, 0.717) is 39.7 Å². The lowest BCUT2D eigenvalue weighted by Gasteiger charge is -2.14. The van der Waals surface area contributed by atoms with E-state index in [1.54, 1.807) is 30.5 Å². The predicted molar refractivity (Wildman–Crippen MR) is 145 cm³/mol. The molecule has 0 aliphatic heterocycles. The maximum atomic E-state index is 13.4. The molecular formula is C26H22Br2ClN3O2. The molecule has 4 aromatic rings. The van der Waals surface area contributed by atoms with E-state index in [1.165, 1.54) is 4.68 Å². The van der Waals surface area contributed by atoms with Crippen LogP contribution in [0.25, 0.3) is 10.9 Å². The largest absolute Gasteiger partial charge is 0.488 e. The fourth-order valence-electron chi connectivity index (χ4n) is 3.39. The van der Waals surface area contributed by atoms with Gasteiger partial charge in [0.15, 0.2) is 0 Å². The van der Waals surface area contributed by atoms with Gasteiger partial charge in [-0.1, -0.05) is 69.4 Å². The third-order valence-electron chi connectivity index (χ3n) is 5.48. The van der Waals surface area contributed by atoms with E-state index in [-0.39, 0.29) is 11.5 Å². The topological polar surface area (TPSA) is 56.5 Å². The minimum atomic E-state index is -0.225. The second-order valence-electron chi connectivity index (χ2n) is 7.90. The van der Waals surface area contributed by atoms with Crippen molar-refractivity contribution in [3.63, 3.8) is 0 Å². The fraction of sp³-hybridized carbons (Fsp3) is 0.192. The van der Waals surface area contributed by atoms with Crippen molar-refractivity contribution < 1.29 is 4.74 Å². The zero-order chi connectivity index (χ0) is 24.2. The molecule has 174 valence electrons. The molecule has 8 heteroatoms. The standard InChI is InChI=1S/C26H22Br2ClN3O2/c1-3-16(2)25-31-23-10-8-20(28)13-22(23)26(33)32(25)30-14-18-12-21(29)9-11-24(18)34-15-17-4-6-19(27)7-5-17/h4-14,16H,3,15H2,1-2H3/t16-/m0/s1. The van der Waals surface area contributed by atoms with Gasteiger partial charge in [0.1, 0.15) is 18.2 Å². The van der Waals surface area contributed by atoms with Crippen LogP contribution in [0.15, 0.2) is 79.5 Å². The van der Waals surface area contributed by atoms with Crippen molar-refractivity contribution in [2.45, 2.75) is 32.8 Å². The first kappa shape index (κ1) is 24.6. The zero-order valence-corrected chi connectivity index (χ0v) is 22.6. The van der Waals surface area contributed by atoms with E-state index in [0.717, 1.165) is 20.9 Å². The summed E-state index contributed by atoms with van der Waals surface area (Å²) in [6.45, 7) is 4.48. The maximum Gasteiger partial charge on any atom is 0.282 e. The van der Waals surface area contributed by atoms with Gasteiger partial charge in [-0.15, -0.1) is 0 Å². The van der Waals surface area contributed by atoms with Crippen LogP contribution in [0.5, 0.6) is 5.75 Å². The van der Waals surface area contributed by atoms with Gasteiger partial charge in [-0.05, 0) is 60.5 Å². The van der Waals surface area contributed by atoms with Crippen molar-refractivity contribution in [3.05, 3.63) is 102 Å². The molecule has 5 nitrogen and oxygen atoms in total. The van der Waals surface area contributed by atoms with E-state index < -0.39 is 0 Å². The Balaban J connectivity index is 1.73. The molecule has 0 N–H and O–H groups in total. The minimum Gasteiger partial charge on any atom is -0.488 e. The summed E-state index contributed by atoms with van der Waals surface area (Å²) >= 11 is 13.1. The van der Waals surface area contributed by atoms with Crippen LogP contribution in [0.3, 0.4) is 0 Å². The van der Waals surface area contributed by atoms with Crippen molar-refractivity contribution in [1.82, 2.24) is 9.66 Å². The summed E-state index contributed by atoms with van der Waals surface area (Å²) in [7, 11) is 0. The Hall–Kier alpha value is -2.48. The van der Waals surface area contributed by atoms with Gasteiger partial charge >= 0.3 is 0 Å². The molecule has 0 radical (unpaired) electrons. The number of halogens is 3. The molecule has 0 bridgehead atoms. The van der Waals surface area contributed by atoms with Crippen LogP contribution in [0, 0.1) is 0 Å². The molecular weight excluding hydrogens is 582 g/mol. The van der Waals surface area contributed by atoms with E-state index in [1.807, 2.05) is 43.3 Å². The van der Waals surface area contributed by atoms with E-state index in [9.17, 15) is 4.79 Å². The van der Waals surface area contributed by atoms with Gasteiger partial charge < -0.3 is 4.74 Å². The van der Waals surface area contributed by atoms with Gasteiger partial charge in [-0.3, -0.25) is 4.79 Å². The molecule has 1 heterocycles.